The van der Waals surface area contributed by atoms with Crippen LogP contribution in [0.4, 0.5) is 0 Å². The van der Waals surface area contributed by atoms with Crippen LogP contribution in [0.5, 0.6) is 0 Å². The number of rotatable bonds is 3. The molecule has 0 spiro atoms. The number of hydrogen-bond acceptors (Lipinski definition) is 5. The van der Waals surface area contributed by atoms with Gasteiger partial charge in [-0.2, -0.15) is 0 Å². The second kappa shape index (κ2) is 6.87. The first-order chi connectivity index (χ1) is 12.7. The minimum atomic E-state index is -0.257. The molecule has 1 fully saturated rings. The quantitative estimate of drug-likeness (QED) is 0.784. The Bertz CT molecular complexity index is 972. The van der Waals surface area contributed by atoms with Crippen molar-refractivity contribution in [2.24, 2.45) is 0 Å². The number of nitrogens with zero attached hydrogens (tertiary/aromatic N) is 4. The monoisotopic (exact) mass is 347 g/mol. The van der Waals surface area contributed by atoms with Gasteiger partial charge in [0.1, 0.15) is 5.82 Å². The number of H-pyrrole nitrogens is 1. The molecule has 0 unspecified atom stereocenters. The molecule has 0 saturated carbocycles. The zero-order valence-electron chi connectivity index (χ0n) is 14.0. The topological polar surface area (TPSA) is 91.8 Å². The van der Waals surface area contributed by atoms with Crippen molar-refractivity contribution in [3.63, 3.8) is 0 Å². The number of carbonyl (C=O) groups excluding carboxylic acids is 1. The average molecular weight is 347 g/mol. The zero-order chi connectivity index (χ0) is 17.9. The minimum Gasteiger partial charge on any atom is -0.328 e. The fourth-order valence-corrected chi connectivity index (χ4v) is 3.23. The van der Waals surface area contributed by atoms with Crippen LogP contribution >= 0.6 is 0 Å². The Morgan fingerprint density at radius 1 is 1.12 bits per heavy atom. The van der Waals surface area contributed by atoms with Crippen LogP contribution in [0.1, 0.15) is 35.1 Å². The van der Waals surface area contributed by atoms with Crippen molar-refractivity contribution in [3.05, 3.63) is 76.7 Å². The van der Waals surface area contributed by atoms with E-state index in [1.807, 2.05) is 12.1 Å². The molecule has 3 aromatic rings. The molecule has 3 aromatic heterocycles. The lowest BCUT2D eigenvalue weighted by Crippen LogP contribution is -2.32. The van der Waals surface area contributed by atoms with Gasteiger partial charge >= 0.3 is 0 Å². The lowest BCUT2D eigenvalue weighted by Gasteiger charge is -2.24. The number of aromatic nitrogens is 4. The molecule has 0 bridgehead atoms. The Labute approximate surface area is 149 Å². The fraction of sp³-hybridized carbons (Fsp3) is 0.211. The van der Waals surface area contributed by atoms with E-state index >= 15 is 0 Å². The van der Waals surface area contributed by atoms with Crippen molar-refractivity contribution in [2.75, 3.05) is 6.54 Å². The number of carbonyl (C=O) groups is 1. The number of hydrogen-bond donors (Lipinski definition) is 1. The molecule has 1 amide bonds. The van der Waals surface area contributed by atoms with Crippen molar-refractivity contribution < 1.29 is 4.79 Å². The van der Waals surface area contributed by atoms with Crippen LogP contribution in [0, 0.1) is 0 Å². The fourth-order valence-electron chi connectivity index (χ4n) is 3.23. The normalized spacial score (nSPS) is 16.6. The third-order valence-corrected chi connectivity index (χ3v) is 4.44. The maximum atomic E-state index is 12.8. The van der Waals surface area contributed by atoms with E-state index in [9.17, 15) is 9.59 Å². The predicted octanol–water partition coefficient (Wildman–Crippen LogP) is 2.20. The van der Waals surface area contributed by atoms with Gasteiger partial charge in [0.15, 0.2) is 0 Å². The van der Waals surface area contributed by atoms with Gasteiger partial charge in [0.05, 0.1) is 17.4 Å². The number of amides is 1. The van der Waals surface area contributed by atoms with Gasteiger partial charge in [-0.3, -0.25) is 19.6 Å². The Morgan fingerprint density at radius 3 is 2.73 bits per heavy atom. The first-order valence-electron chi connectivity index (χ1n) is 8.46. The molecule has 1 N–H and O–H groups in total. The maximum absolute atomic E-state index is 12.8. The summed E-state index contributed by atoms with van der Waals surface area (Å²) in [6.45, 7) is 0.628. The highest BCUT2D eigenvalue weighted by Crippen LogP contribution is 2.31. The molecular weight excluding hydrogens is 330 g/mol. The summed E-state index contributed by atoms with van der Waals surface area (Å²) in [6.07, 6.45) is 6.47. The van der Waals surface area contributed by atoms with E-state index in [1.54, 1.807) is 41.7 Å². The summed E-state index contributed by atoms with van der Waals surface area (Å²) in [7, 11) is 0. The van der Waals surface area contributed by atoms with Crippen molar-refractivity contribution >= 4 is 5.91 Å². The molecule has 1 saturated heterocycles. The third kappa shape index (κ3) is 3.11. The summed E-state index contributed by atoms with van der Waals surface area (Å²) >= 11 is 0. The van der Waals surface area contributed by atoms with Crippen LogP contribution in [0.3, 0.4) is 0 Å². The van der Waals surface area contributed by atoms with Gasteiger partial charge in [-0.25, -0.2) is 4.98 Å². The van der Waals surface area contributed by atoms with E-state index in [4.69, 9.17) is 0 Å². The van der Waals surface area contributed by atoms with Gasteiger partial charge in [-0.05, 0) is 37.1 Å². The lowest BCUT2D eigenvalue weighted by atomic mass is 10.1. The third-order valence-electron chi connectivity index (χ3n) is 4.44. The molecule has 0 radical (unpaired) electrons. The number of pyridine rings is 2. The van der Waals surface area contributed by atoms with Crippen LogP contribution in [0.15, 0.2) is 59.8 Å². The molecule has 7 nitrogen and oxygen atoms in total. The molecule has 0 aliphatic carbocycles. The number of likely N-dealkylation sites (tertiary alicyclic amines) is 1. The predicted molar refractivity (Wildman–Crippen MR) is 95.3 cm³/mol. The summed E-state index contributed by atoms with van der Waals surface area (Å²) in [4.78, 5) is 42.3. The summed E-state index contributed by atoms with van der Waals surface area (Å²) in [5.41, 5.74) is 1.46. The molecule has 130 valence electrons. The SMILES string of the molecule is O=C(c1ccncc1)N1CCC[C@@H]1c1nc(-c2ccccn2)cc(=O)[nH]1. The molecule has 7 heteroatoms. The number of aromatic amines is 1. The van der Waals surface area contributed by atoms with Crippen LogP contribution in [0.25, 0.3) is 11.4 Å². The zero-order valence-corrected chi connectivity index (χ0v) is 14.0. The van der Waals surface area contributed by atoms with E-state index in [1.165, 1.54) is 6.07 Å². The molecule has 4 rings (SSSR count). The first-order valence-corrected chi connectivity index (χ1v) is 8.46. The second-order valence-corrected chi connectivity index (χ2v) is 6.12. The highest BCUT2D eigenvalue weighted by atomic mass is 16.2. The van der Waals surface area contributed by atoms with E-state index in [-0.39, 0.29) is 17.5 Å². The first kappa shape index (κ1) is 16.1. The summed E-state index contributed by atoms with van der Waals surface area (Å²) < 4.78 is 0. The molecule has 26 heavy (non-hydrogen) atoms. The Morgan fingerprint density at radius 2 is 1.96 bits per heavy atom. The number of nitrogens with one attached hydrogen (secondary N) is 1. The lowest BCUT2D eigenvalue weighted by molar-refractivity contribution is 0.0729. The summed E-state index contributed by atoms with van der Waals surface area (Å²) in [6, 6.07) is 10.0. The van der Waals surface area contributed by atoms with Crippen LogP contribution in [0.2, 0.25) is 0 Å². The van der Waals surface area contributed by atoms with Gasteiger partial charge in [-0.1, -0.05) is 6.07 Å². The van der Waals surface area contributed by atoms with Gasteiger partial charge < -0.3 is 9.88 Å². The van der Waals surface area contributed by atoms with Gasteiger partial charge in [0, 0.05) is 36.8 Å². The molecule has 1 aliphatic heterocycles. The molecule has 1 atom stereocenters. The molecular formula is C19H17N5O2. The van der Waals surface area contributed by atoms with Gasteiger partial charge in [0.2, 0.25) is 0 Å². The maximum Gasteiger partial charge on any atom is 0.254 e. The van der Waals surface area contributed by atoms with E-state index in [0.717, 1.165) is 12.8 Å². The molecule has 4 heterocycles. The highest BCUT2D eigenvalue weighted by Gasteiger charge is 2.32. The largest absolute Gasteiger partial charge is 0.328 e. The van der Waals surface area contributed by atoms with Crippen molar-refractivity contribution in [2.45, 2.75) is 18.9 Å². The smallest absolute Gasteiger partial charge is 0.254 e. The Hall–Kier alpha value is -3.35. The van der Waals surface area contributed by atoms with Crippen molar-refractivity contribution in [1.29, 1.82) is 0 Å². The minimum absolute atomic E-state index is 0.0826. The highest BCUT2D eigenvalue weighted by molar-refractivity contribution is 5.94. The second-order valence-electron chi connectivity index (χ2n) is 6.12. The van der Waals surface area contributed by atoms with E-state index in [2.05, 4.69) is 19.9 Å². The van der Waals surface area contributed by atoms with Gasteiger partial charge in [0.25, 0.3) is 11.5 Å². The van der Waals surface area contributed by atoms with E-state index in [0.29, 0.717) is 29.3 Å². The summed E-state index contributed by atoms with van der Waals surface area (Å²) in [5.74, 6) is 0.416. The Kier molecular flexibility index (Phi) is 4.27. The standard InChI is InChI=1S/C19H17N5O2/c25-17-12-15(14-4-1-2-8-21-14)22-18(23-17)16-5-3-11-24(16)19(26)13-6-9-20-10-7-13/h1-2,4,6-10,12,16H,3,5,11H2,(H,22,23,25)/t16-/m1/s1. The van der Waals surface area contributed by atoms with E-state index < -0.39 is 0 Å². The van der Waals surface area contributed by atoms with Crippen LogP contribution in [-0.2, 0) is 0 Å². The Balaban J connectivity index is 1.69. The van der Waals surface area contributed by atoms with Crippen LogP contribution < -0.4 is 5.56 Å². The van der Waals surface area contributed by atoms with Crippen molar-refractivity contribution in [1.82, 2.24) is 24.8 Å². The van der Waals surface area contributed by atoms with Crippen molar-refractivity contribution in [3.8, 4) is 11.4 Å². The van der Waals surface area contributed by atoms with Gasteiger partial charge in [-0.15, -0.1) is 0 Å². The van der Waals surface area contributed by atoms with Crippen LogP contribution in [-0.4, -0.2) is 37.3 Å². The molecule has 0 aromatic carbocycles. The summed E-state index contributed by atoms with van der Waals surface area (Å²) in [5, 5.41) is 0. The molecule has 1 aliphatic rings. The average Bonchev–Trinajstić information content (AvgIpc) is 3.18.